The normalized spacial score (nSPS) is 12.8. The highest BCUT2D eigenvalue weighted by atomic mass is 35.5. The molecule has 0 spiro atoms. The van der Waals surface area contributed by atoms with E-state index in [-0.39, 0.29) is 0 Å². The SMILES string of the molecule is COc1ccc(NC(=O)[C@](C)(C#N)c2ccc(Cl)cc2)cn1. The number of nitriles is 1. The number of carbonyl (C=O) groups is 1. The first-order valence-corrected chi connectivity index (χ1v) is 6.86. The van der Waals surface area contributed by atoms with Crippen molar-refractivity contribution < 1.29 is 9.53 Å². The lowest BCUT2D eigenvalue weighted by Gasteiger charge is -2.21. The number of carbonyl (C=O) groups excluding carboxylic acids is 1. The summed E-state index contributed by atoms with van der Waals surface area (Å²) in [4.78, 5) is 16.5. The highest BCUT2D eigenvalue weighted by molar-refractivity contribution is 6.30. The third-order valence-electron chi connectivity index (χ3n) is 3.30. The fourth-order valence-corrected chi connectivity index (χ4v) is 1.99. The summed E-state index contributed by atoms with van der Waals surface area (Å²) in [5.74, 6) is 0.00281. The molecule has 1 atom stereocenters. The average Bonchev–Trinajstić information content (AvgIpc) is 2.55. The van der Waals surface area contributed by atoms with Crippen molar-refractivity contribution in [3.63, 3.8) is 0 Å². The number of hydrogen-bond acceptors (Lipinski definition) is 4. The fraction of sp³-hybridized carbons (Fsp3) is 0.188. The predicted molar refractivity (Wildman–Crippen MR) is 83.8 cm³/mol. The van der Waals surface area contributed by atoms with Crippen molar-refractivity contribution in [1.82, 2.24) is 4.98 Å². The number of methoxy groups -OCH3 is 1. The van der Waals surface area contributed by atoms with Gasteiger partial charge in [-0.25, -0.2) is 4.98 Å². The maximum absolute atomic E-state index is 12.5. The van der Waals surface area contributed by atoms with Crippen LogP contribution in [-0.4, -0.2) is 18.0 Å². The summed E-state index contributed by atoms with van der Waals surface area (Å²) in [7, 11) is 1.51. The van der Waals surface area contributed by atoms with Gasteiger partial charge in [-0.3, -0.25) is 4.79 Å². The Bertz CT molecular complexity index is 708. The third kappa shape index (κ3) is 3.18. The van der Waals surface area contributed by atoms with Crippen LogP contribution in [-0.2, 0) is 10.2 Å². The number of aromatic nitrogens is 1. The van der Waals surface area contributed by atoms with Gasteiger partial charge in [0.15, 0.2) is 5.41 Å². The van der Waals surface area contributed by atoms with Crippen LogP contribution in [0.4, 0.5) is 5.69 Å². The van der Waals surface area contributed by atoms with Gasteiger partial charge in [0.1, 0.15) is 0 Å². The van der Waals surface area contributed by atoms with Gasteiger partial charge in [-0.1, -0.05) is 23.7 Å². The van der Waals surface area contributed by atoms with E-state index < -0.39 is 11.3 Å². The van der Waals surface area contributed by atoms with Crippen molar-refractivity contribution in [2.75, 3.05) is 12.4 Å². The summed E-state index contributed by atoms with van der Waals surface area (Å²) in [5.41, 5.74) is -0.274. The molecule has 1 heterocycles. The summed E-state index contributed by atoms with van der Waals surface area (Å²) in [6.45, 7) is 1.56. The van der Waals surface area contributed by atoms with Gasteiger partial charge in [-0.05, 0) is 30.7 Å². The second-order valence-corrected chi connectivity index (χ2v) is 5.22. The fourth-order valence-electron chi connectivity index (χ4n) is 1.86. The van der Waals surface area contributed by atoms with Gasteiger partial charge in [-0.2, -0.15) is 5.26 Å². The lowest BCUT2D eigenvalue weighted by Crippen LogP contribution is -2.36. The molecule has 0 bridgehead atoms. The first kappa shape index (κ1) is 15.8. The minimum absolute atomic E-state index is 0.440. The molecule has 2 aromatic rings. The Labute approximate surface area is 133 Å². The molecule has 22 heavy (non-hydrogen) atoms. The molecule has 0 aliphatic carbocycles. The number of rotatable bonds is 4. The van der Waals surface area contributed by atoms with Crippen molar-refractivity contribution in [3.05, 3.63) is 53.2 Å². The minimum atomic E-state index is -1.33. The zero-order valence-corrected chi connectivity index (χ0v) is 12.9. The molecule has 112 valence electrons. The van der Waals surface area contributed by atoms with Gasteiger partial charge in [0, 0.05) is 11.1 Å². The van der Waals surface area contributed by atoms with E-state index in [0.717, 1.165) is 0 Å². The molecule has 0 fully saturated rings. The Morgan fingerprint density at radius 1 is 1.32 bits per heavy atom. The van der Waals surface area contributed by atoms with Crippen molar-refractivity contribution in [2.45, 2.75) is 12.3 Å². The second-order valence-electron chi connectivity index (χ2n) is 4.79. The second kappa shape index (κ2) is 6.46. The summed E-state index contributed by atoms with van der Waals surface area (Å²) in [6, 6.07) is 12.0. The van der Waals surface area contributed by atoms with Crippen LogP contribution in [0.2, 0.25) is 5.02 Å². The van der Waals surface area contributed by atoms with Gasteiger partial charge in [0.05, 0.1) is 25.1 Å². The molecular weight excluding hydrogens is 302 g/mol. The molecular formula is C16H14ClN3O2. The lowest BCUT2D eigenvalue weighted by molar-refractivity contribution is -0.119. The lowest BCUT2D eigenvalue weighted by atomic mass is 9.83. The molecule has 2 rings (SSSR count). The molecule has 1 N–H and O–H groups in total. The third-order valence-corrected chi connectivity index (χ3v) is 3.55. The number of pyridine rings is 1. The smallest absolute Gasteiger partial charge is 0.249 e. The molecule has 0 aliphatic heterocycles. The number of ether oxygens (including phenoxy) is 1. The molecule has 1 aromatic heterocycles. The van der Waals surface area contributed by atoms with Crippen molar-refractivity contribution in [3.8, 4) is 11.9 Å². The van der Waals surface area contributed by atoms with Crippen LogP contribution < -0.4 is 10.1 Å². The molecule has 1 aromatic carbocycles. The van der Waals surface area contributed by atoms with Crippen LogP contribution in [0, 0.1) is 11.3 Å². The molecule has 0 saturated carbocycles. The largest absolute Gasteiger partial charge is 0.481 e. The maximum atomic E-state index is 12.5. The number of nitrogens with one attached hydrogen (secondary N) is 1. The number of nitrogens with zero attached hydrogens (tertiary/aromatic N) is 2. The summed E-state index contributed by atoms with van der Waals surface area (Å²) in [5, 5.41) is 12.7. The van der Waals surface area contributed by atoms with E-state index in [1.807, 2.05) is 0 Å². The van der Waals surface area contributed by atoms with Crippen LogP contribution in [0.3, 0.4) is 0 Å². The number of amides is 1. The van der Waals surface area contributed by atoms with E-state index in [2.05, 4.69) is 16.4 Å². The molecule has 0 radical (unpaired) electrons. The van der Waals surface area contributed by atoms with Crippen LogP contribution in [0.15, 0.2) is 42.6 Å². The molecule has 0 unspecified atom stereocenters. The van der Waals surface area contributed by atoms with Gasteiger partial charge in [0.25, 0.3) is 0 Å². The summed E-state index contributed by atoms with van der Waals surface area (Å²) in [6.07, 6.45) is 1.47. The Morgan fingerprint density at radius 3 is 2.50 bits per heavy atom. The highest BCUT2D eigenvalue weighted by Gasteiger charge is 2.35. The van der Waals surface area contributed by atoms with Gasteiger partial charge < -0.3 is 10.1 Å². The van der Waals surface area contributed by atoms with E-state index in [1.165, 1.54) is 13.3 Å². The summed E-state index contributed by atoms with van der Waals surface area (Å²) >= 11 is 5.84. The Morgan fingerprint density at radius 2 is 2.00 bits per heavy atom. The number of anilines is 1. The van der Waals surface area contributed by atoms with Crippen LogP contribution >= 0.6 is 11.6 Å². The van der Waals surface area contributed by atoms with E-state index in [9.17, 15) is 10.1 Å². The zero-order valence-electron chi connectivity index (χ0n) is 12.1. The molecule has 0 aliphatic rings. The Kier molecular flexibility index (Phi) is 4.64. The number of hydrogen-bond donors (Lipinski definition) is 1. The summed E-state index contributed by atoms with van der Waals surface area (Å²) < 4.78 is 4.95. The Balaban J connectivity index is 2.24. The van der Waals surface area contributed by atoms with Gasteiger partial charge in [0.2, 0.25) is 11.8 Å². The molecule has 1 amide bonds. The van der Waals surface area contributed by atoms with Crippen LogP contribution in [0.5, 0.6) is 5.88 Å². The highest BCUT2D eigenvalue weighted by Crippen LogP contribution is 2.26. The minimum Gasteiger partial charge on any atom is -0.481 e. The average molecular weight is 316 g/mol. The number of benzene rings is 1. The van der Waals surface area contributed by atoms with Crippen LogP contribution in [0.25, 0.3) is 0 Å². The van der Waals surface area contributed by atoms with E-state index in [4.69, 9.17) is 16.3 Å². The van der Waals surface area contributed by atoms with Crippen LogP contribution in [0.1, 0.15) is 12.5 Å². The quantitative estimate of drug-likeness (QED) is 0.940. The first-order valence-electron chi connectivity index (χ1n) is 6.48. The Hall–Kier alpha value is -2.58. The van der Waals surface area contributed by atoms with Gasteiger partial charge in [-0.15, -0.1) is 0 Å². The van der Waals surface area contributed by atoms with Crippen molar-refractivity contribution in [1.29, 1.82) is 5.26 Å². The van der Waals surface area contributed by atoms with Crippen molar-refractivity contribution in [2.24, 2.45) is 0 Å². The monoisotopic (exact) mass is 315 g/mol. The maximum Gasteiger partial charge on any atom is 0.249 e. The molecule has 6 heteroatoms. The predicted octanol–water partition coefficient (Wildman–Crippen LogP) is 3.16. The molecule has 5 nitrogen and oxygen atoms in total. The first-order chi connectivity index (χ1) is 10.5. The number of halogens is 1. The van der Waals surface area contributed by atoms with Gasteiger partial charge >= 0.3 is 0 Å². The van der Waals surface area contributed by atoms with Crippen molar-refractivity contribution >= 4 is 23.2 Å². The van der Waals surface area contributed by atoms with E-state index in [1.54, 1.807) is 43.3 Å². The topological polar surface area (TPSA) is 75.0 Å². The standard InChI is InChI=1S/C16H14ClN3O2/c1-16(10-18,11-3-5-12(17)6-4-11)15(21)20-13-7-8-14(22-2)19-9-13/h3-9H,1-2H3,(H,20,21)/t16-/m1/s1. The molecule has 0 saturated heterocycles. The zero-order chi connectivity index (χ0) is 16.2. The van der Waals surface area contributed by atoms with E-state index >= 15 is 0 Å². The van der Waals surface area contributed by atoms with E-state index in [0.29, 0.717) is 22.2 Å².